The lowest BCUT2D eigenvalue weighted by atomic mass is 10.1. The minimum Gasteiger partial charge on any atom is -0.385 e. The highest BCUT2D eigenvalue weighted by molar-refractivity contribution is 5.78. The summed E-state index contributed by atoms with van der Waals surface area (Å²) in [6.07, 6.45) is 1.59. The summed E-state index contributed by atoms with van der Waals surface area (Å²) in [6, 6.07) is 8.04. The Kier molecular flexibility index (Phi) is 4.83. The zero-order valence-electron chi connectivity index (χ0n) is 10.3. The van der Waals surface area contributed by atoms with Crippen LogP contribution < -0.4 is 5.32 Å². The molecule has 0 bridgehead atoms. The van der Waals surface area contributed by atoms with Crippen molar-refractivity contribution in [1.29, 1.82) is 0 Å². The number of likely N-dealkylation sites (N-methyl/N-ethyl adjacent to an activating group) is 1. The van der Waals surface area contributed by atoms with Crippen LogP contribution in [0.15, 0.2) is 24.3 Å². The van der Waals surface area contributed by atoms with Crippen LogP contribution in [0, 0.1) is 0 Å². The molecule has 0 aromatic heterocycles. The van der Waals surface area contributed by atoms with Gasteiger partial charge in [0.15, 0.2) is 0 Å². The summed E-state index contributed by atoms with van der Waals surface area (Å²) < 4.78 is 0. The molecule has 3 heteroatoms. The summed E-state index contributed by atoms with van der Waals surface area (Å²) in [5.74, 6) is 0.134. The molecule has 1 aromatic carbocycles. The van der Waals surface area contributed by atoms with E-state index in [9.17, 15) is 4.79 Å². The molecule has 0 atom stereocenters. The first-order valence-electron chi connectivity index (χ1n) is 5.66. The number of hydrogen-bond donors (Lipinski definition) is 1. The summed E-state index contributed by atoms with van der Waals surface area (Å²) in [6.45, 7) is 3.12. The number of carbonyl (C=O) groups is 1. The number of rotatable bonds is 5. The van der Waals surface area contributed by atoms with Gasteiger partial charge in [-0.15, -0.1) is 0 Å². The van der Waals surface area contributed by atoms with Crippen LogP contribution in [-0.4, -0.2) is 31.4 Å². The number of hydrogen-bond acceptors (Lipinski definition) is 2. The third-order valence-electron chi connectivity index (χ3n) is 2.39. The average Bonchev–Trinajstić information content (AvgIpc) is 2.28. The first-order chi connectivity index (χ1) is 7.63. The van der Waals surface area contributed by atoms with Crippen molar-refractivity contribution in [3.8, 4) is 0 Å². The molecule has 88 valence electrons. The monoisotopic (exact) mass is 220 g/mol. The van der Waals surface area contributed by atoms with Crippen LogP contribution in [0.5, 0.6) is 0 Å². The lowest BCUT2D eigenvalue weighted by molar-refractivity contribution is -0.127. The molecule has 0 spiro atoms. The third kappa shape index (κ3) is 3.93. The van der Waals surface area contributed by atoms with Crippen LogP contribution in [-0.2, 0) is 11.2 Å². The minimum atomic E-state index is 0.134. The van der Waals surface area contributed by atoms with Crippen LogP contribution >= 0.6 is 0 Å². The molecule has 0 unspecified atom stereocenters. The molecule has 0 radical (unpaired) electrons. The van der Waals surface area contributed by atoms with Crippen molar-refractivity contribution in [2.24, 2.45) is 0 Å². The molecule has 0 fully saturated rings. The van der Waals surface area contributed by atoms with Gasteiger partial charge in [0.05, 0.1) is 6.42 Å². The van der Waals surface area contributed by atoms with E-state index in [0.717, 1.165) is 24.2 Å². The molecule has 1 rings (SSSR count). The molecule has 0 aliphatic heterocycles. The molecule has 0 aliphatic carbocycles. The second kappa shape index (κ2) is 6.16. The zero-order chi connectivity index (χ0) is 12.0. The van der Waals surface area contributed by atoms with E-state index in [1.807, 2.05) is 24.3 Å². The van der Waals surface area contributed by atoms with Gasteiger partial charge in [-0.05, 0) is 24.1 Å². The van der Waals surface area contributed by atoms with Crippen LogP contribution in [0.3, 0.4) is 0 Å². The maximum Gasteiger partial charge on any atom is 0.226 e. The maximum atomic E-state index is 11.5. The van der Waals surface area contributed by atoms with Crippen molar-refractivity contribution < 1.29 is 4.79 Å². The SMILES string of the molecule is CCCNc1ccc(CC(=O)N(C)C)cc1. The highest BCUT2D eigenvalue weighted by Gasteiger charge is 2.04. The largest absolute Gasteiger partial charge is 0.385 e. The number of anilines is 1. The van der Waals surface area contributed by atoms with E-state index in [1.165, 1.54) is 0 Å². The molecule has 0 saturated heterocycles. The number of nitrogens with one attached hydrogen (secondary N) is 1. The van der Waals surface area contributed by atoms with Gasteiger partial charge in [0.25, 0.3) is 0 Å². The van der Waals surface area contributed by atoms with Gasteiger partial charge in [0.1, 0.15) is 0 Å². The lowest BCUT2D eigenvalue weighted by Crippen LogP contribution is -2.23. The smallest absolute Gasteiger partial charge is 0.226 e. The molecular weight excluding hydrogens is 200 g/mol. The number of amides is 1. The van der Waals surface area contributed by atoms with Gasteiger partial charge >= 0.3 is 0 Å². The van der Waals surface area contributed by atoms with Gasteiger partial charge in [-0.2, -0.15) is 0 Å². The van der Waals surface area contributed by atoms with Crippen LogP contribution in [0.1, 0.15) is 18.9 Å². The maximum absolute atomic E-state index is 11.5. The topological polar surface area (TPSA) is 32.3 Å². The Labute approximate surface area is 97.5 Å². The Morgan fingerprint density at radius 1 is 1.25 bits per heavy atom. The van der Waals surface area contributed by atoms with E-state index in [2.05, 4.69) is 12.2 Å². The van der Waals surface area contributed by atoms with Gasteiger partial charge < -0.3 is 10.2 Å². The highest BCUT2D eigenvalue weighted by Crippen LogP contribution is 2.10. The first-order valence-corrected chi connectivity index (χ1v) is 5.66. The standard InChI is InChI=1S/C13H20N2O/c1-4-9-14-12-7-5-11(6-8-12)10-13(16)15(2)3/h5-8,14H,4,9-10H2,1-3H3. The molecule has 1 N–H and O–H groups in total. The fourth-order valence-electron chi connectivity index (χ4n) is 1.34. The Morgan fingerprint density at radius 3 is 2.38 bits per heavy atom. The Morgan fingerprint density at radius 2 is 1.88 bits per heavy atom. The van der Waals surface area contributed by atoms with E-state index in [1.54, 1.807) is 19.0 Å². The second-order valence-electron chi connectivity index (χ2n) is 4.09. The fraction of sp³-hybridized carbons (Fsp3) is 0.462. The first kappa shape index (κ1) is 12.6. The van der Waals surface area contributed by atoms with Gasteiger partial charge in [-0.1, -0.05) is 19.1 Å². The molecule has 1 amide bonds. The lowest BCUT2D eigenvalue weighted by Gasteiger charge is -2.10. The van der Waals surface area contributed by atoms with E-state index >= 15 is 0 Å². The van der Waals surface area contributed by atoms with Gasteiger partial charge in [0, 0.05) is 26.3 Å². The van der Waals surface area contributed by atoms with Gasteiger partial charge in [-0.25, -0.2) is 0 Å². The van der Waals surface area contributed by atoms with Crippen molar-refractivity contribution in [3.05, 3.63) is 29.8 Å². The summed E-state index contributed by atoms with van der Waals surface area (Å²) >= 11 is 0. The Bertz CT molecular complexity index is 330. The summed E-state index contributed by atoms with van der Waals surface area (Å²) in [5, 5.41) is 3.30. The van der Waals surface area contributed by atoms with Crippen molar-refractivity contribution in [1.82, 2.24) is 4.90 Å². The van der Waals surface area contributed by atoms with Crippen molar-refractivity contribution in [3.63, 3.8) is 0 Å². The molecule has 0 heterocycles. The molecule has 0 saturated carbocycles. The fourth-order valence-corrected chi connectivity index (χ4v) is 1.34. The number of benzene rings is 1. The average molecular weight is 220 g/mol. The summed E-state index contributed by atoms with van der Waals surface area (Å²) in [5.41, 5.74) is 2.17. The molecule has 0 aliphatic rings. The number of carbonyl (C=O) groups excluding carboxylic acids is 1. The second-order valence-corrected chi connectivity index (χ2v) is 4.09. The Hall–Kier alpha value is -1.51. The van der Waals surface area contributed by atoms with Crippen LogP contribution in [0.4, 0.5) is 5.69 Å². The molecular formula is C13H20N2O. The van der Waals surface area contributed by atoms with E-state index < -0.39 is 0 Å². The van der Waals surface area contributed by atoms with Crippen molar-refractivity contribution >= 4 is 11.6 Å². The van der Waals surface area contributed by atoms with Gasteiger partial charge in [0.2, 0.25) is 5.91 Å². The predicted molar refractivity (Wildman–Crippen MR) is 67.6 cm³/mol. The summed E-state index contributed by atoms with van der Waals surface area (Å²) in [7, 11) is 3.55. The summed E-state index contributed by atoms with van der Waals surface area (Å²) in [4.78, 5) is 13.1. The van der Waals surface area contributed by atoms with Crippen molar-refractivity contribution in [2.75, 3.05) is 26.0 Å². The van der Waals surface area contributed by atoms with Crippen LogP contribution in [0.25, 0.3) is 0 Å². The predicted octanol–water partition coefficient (Wildman–Crippen LogP) is 2.14. The zero-order valence-corrected chi connectivity index (χ0v) is 10.3. The van der Waals surface area contributed by atoms with E-state index in [-0.39, 0.29) is 5.91 Å². The van der Waals surface area contributed by atoms with Gasteiger partial charge in [-0.3, -0.25) is 4.79 Å². The van der Waals surface area contributed by atoms with E-state index in [0.29, 0.717) is 6.42 Å². The molecule has 16 heavy (non-hydrogen) atoms. The number of nitrogens with zero attached hydrogens (tertiary/aromatic N) is 1. The molecule has 1 aromatic rings. The normalized spacial score (nSPS) is 9.94. The van der Waals surface area contributed by atoms with E-state index in [4.69, 9.17) is 0 Å². The minimum absolute atomic E-state index is 0.134. The van der Waals surface area contributed by atoms with Crippen molar-refractivity contribution in [2.45, 2.75) is 19.8 Å². The molecule has 3 nitrogen and oxygen atoms in total. The van der Waals surface area contributed by atoms with Crippen LogP contribution in [0.2, 0.25) is 0 Å². The Balaban J connectivity index is 2.54. The third-order valence-corrected chi connectivity index (χ3v) is 2.39. The quantitative estimate of drug-likeness (QED) is 0.824. The highest BCUT2D eigenvalue weighted by atomic mass is 16.2.